The van der Waals surface area contributed by atoms with Gasteiger partial charge in [-0.25, -0.2) is 9.59 Å². The van der Waals surface area contributed by atoms with E-state index in [-0.39, 0.29) is 27.4 Å². The summed E-state index contributed by atoms with van der Waals surface area (Å²) in [7, 11) is 2.45. The molecule has 2 rings (SSSR count). The maximum absolute atomic E-state index is 12.4. The van der Waals surface area contributed by atoms with Crippen molar-refractivity contribution in [3.8, 4) is 0 Å². The van der Waals surface area contributed by atoms with Crippen LogP contribution in [0.4, 0.5) is 5.69 Å². The summed E-state index contributed by atoms with van der Waals surface area (Å²) in [6.45, 7) is 0. The number of benzene rings is 2. The standard InChI is InChI=1S/C17H14ClNO5/c1-23-16(21)10-7-8-12(17(22)24-2)14(9-10)19-15(20)11-5-3-4-6-13(11)18/h3-9H,1-2H3,(H,19,20). The second kappa shape index (κ2) is 7.61. The molecule has 6 nitrogen and oxygen atoms in total. The van der Waals surface area contributed by atoms with Gasteiger partial charge < -0.3 is 14.8 Å². The normalized spacial score (nSPS) is 9.96. The Kier molecular flexibility index (Phi) is 5.55. The van der Waals surface area contributed by atoms with E-state index in [1.807, 2.05) is 0 Å². The van der Waals surface area contributed by atoms with E-state index < -0.39 is 17.8 Å². The molecule has 0 bridgehead atoms. The molecule has 0 fully saturated rings. The largest absolute Gasteiger partial charge is 0.465 e. The van der Waals surface area contributed by atoms with Gasteiger partial charge in [-0.1, -0.05) is 23.7 Å². The number of esters is 2. The quantitative estimate of drug-likeness (QED) is 0.859. The number of amides is 1. The number of rotatable bonds is 4. The molecule has 0 aromatic heterocycles. The number of methoxy groups -OCH3 is 2. The molecule has 1 amide bonds. The molecule has 2 aromatic carbocycles. The van der Waals surface area contributed by atoms with Crippen LogP contribution in [0.1, 0.15) is 31.1 Å². The molecule has 0 saturated heterocycles. The van der Waals surface area contributed by atoms with Gasteiger partial charge in [-0.3, -0.25) is 4.79 Å². The zero-order valence-electron chi connectivity index (χ0n) is 13.0. The molecule has 1 N–H and O–H groups in total. The minimum atomic E-state index is -0.652. The summed E-state index contributed by atoms with van der Waals surface area (Å²) in [5, 5.41) is 2.83. The monoisotopic (exact) mass is 347 g/mol. The number of carbonyl (C=O) groups excluding carboxylic acids is 3. The molecule has 0 heterocycles. The first kappa shape index (κ1) is 17.5. The minimum Gasteiger partial charge on any atom is -0.465 e. The Morgan fingerprint density at radius 1 is 0.917 bits per heavy atom. The van der Waals surface area contributed by atoms with Gasteiger partial charge in [-0.2, -0.15) is 0 Å². The SMILES string of the molecule is COC(=O)c1ccc(C(=O)OC)c(NC(=O)c2ccccc2Cl)c1. The molecule has 2 aromatic rings. The molecular weight excluding hydrogens is 334 g/mol. The second-order valence-electron chi connectivity index (χ2n) is 4.68. The molecule has 0 aliphatic heterocycles. The summed E-state index contributed by atoms with van der Waals surface area (Å²) in [6.07, 6.45) is 0. The molecule has 0 radical (unpaired) electrons. The van der Waals surface area contributed by atoms with E-state index in [1.54, 1.807) is 24.3 Å². The molecular formula is C17H14ClNO5. The first-order valence-electron chi connectivity index (χ1n) is 6.84. The van der Waals surface area contributed by atoms with Crippen molar-refractivity contribution in [1.29, 1.82) is 0 Å². The zero-order chi connectivity index (χ0) is 17.7. The van der Waals surface area contributed by atoms with E-state index in [9.17, 15) is 14.4 Å². The summed E-state index contributed by atoms with van der Waals surface area (Å²) < 4.78 is 9.32. The number of anilines is 1. The number of ether oxygens (including phenoxy) is 2. The van der Waals surface area contributed by atoms with Gasteiger partial charge >= 0.3 is 11.9 Å². The van der Waals surface area contributed by atoms with Crippen LogP contribution in [0.3, 0.4) is 0 Å². The fourth-order valence-electron chi connectivity index (χ4n) is 2.02. The van der Waals surface area contributed by atoms with Gasteiger partial charge in [-0.05, 0) is 30.3 Å². The average molecular weight is 348 g/mol. The lowest BCUT2D eigenvalue weighted by Gasteiger charge is -2.12. The van der Waals surface area contributed by atoms with Crippen LogP contribution in [0.15, 0.2) is 42.5 Å². The van der Waals surface area contributed by atoms with E-state index in [1.165, 1.54) is 32.4 Å². The van der Waals surface area contributed by atoms with Crippen molar-refractivity contribution in [2.45, 2.75) is 0 Å². The van der Waals surface area contributed by atoms with Crippen LogP contribution >= 0.6 is 11.6 Å². The Morgan fingerprint density at radius 3 is 2.21 bits per heavy atom. The fourth-order valence-corrected chi connectivity index (χ4v) is 2.24. The Balaban J connectivity index is 2.42. The predicted molar refractivity (Wildman–Crippen MR) is 88.5 cm³/mol. The summed E-state index contributed by atoms with van der Waals surface area (Å²) in [5.74, 6) is -1.77. The van der Waals surface area contributed by atoms with Crippen LogP contribution in [0.2, 0.25) is 5.02 Å². The second-order valence-corrected chi connectivity index (χ2v) is 5.08. The number of nitrogens with one attached hydrogen (secondary N) is 1. The molecule has 0 aliphatic rings. The van der Waals surface area contributed by atoms with Crippen LogP contribution < -0.4 is 5.32 Å². The van der Waals surface area contributed by atoms with E-state index in [0.717, 1.165) is 0 Å². The van der Waals surface area contributed by atoms with Crippen molar-refractivity contribution >= 4 is 35.1 Å². The third-order valence-corrected chi connectivity index (χ3v) is 3.54. The van der Waals surface area contributed by atoms with Crippen molar-refractivity contribution in [1.82, 2.24) is 0 Å². The first-order valence-corrected chi connectivity index (χ1v) is 7.22. The highest BCUT2D eigenvalue weighted by atomic mass is 35.5. The van der Waals surface area contributed by atoms with Crippen LogP contribution in [-0.2, 0) is 9.47 Å². The van der Waals surface area contributed by atoms with Crippen LogP contribution in [0.5, 0.6) is 0 Å². The lowest BCUT2D eigenvalue weighted by Crippen LogP contribution is -2.16. The maximum Gasteiger partial charge on any atom is 0.339 e. The number of hydrogen-bond acceptors (Lipinski definition) is 5. The average Bonchev–Trinajstić information content (AvgIpc) is 2.60. The van der Waals surface area contributed by atoms with E-state index >= 15 is 0 Å². The lowest BCUT2D eigenvalue weighted by molar-refractivity contribution is 0.0587. The Labute approximate surface area is 143 Å². The van der Waals surface area contributed by atoms with Crippen molar-refractivity contribution in [3.05, 3.63) is 64.2 Å². The summed E-state index contributed by atoms with van der Waals surface area (Å²) in [4.78, 5) is 35.9. The highest BCUT2D eigenvalue weighted by molar-refractivity contribution is 6.34. The predicted octanol–water partition coefficient (Wildman–Crippen LogP) is 3.17. The highest BCUT2D eigenvalue weighted by Gasteiger charge is 2.18. The van der Waals surface area contributed by atoms with E-state index in [4.69, 9.17) is 11.6 Å². The van der Waals surface area contributed by atoms with Crippen molar-refractivity contribution in [2.24, 2.45) is 0 Å². The molecule has 0 spiro atoms. The van der Waals surface area contributed by atoms with Gasteiger partial charge in [0.05, 0.1) is 41.6 Å². The molecule has 0 aliphatic carbocycles. The van der Waals surface area contributed by atoms with Gasteiger partial charge in [-0.15, -0.1) is 0 Å². The molecule has 7 heteroatoms. The molecule has 124 valence electrons. The topological polar surface area (TPSA) is 81.7 Å². The van der Waals surface area contributed by atoms with E-state index in [2.05, 4.69) is 14.8 Å². The Hall–Kier alpha value is -2.86. The molecule has 0 saturated carbocycles. The highest BCUT2D eigenvalue weighted by Crippen LogP contribution is 2.22. The Bertz CT molecular complexity index is 803. The van der Waals surface area contributed by atoms with Gasteiger partial charge in [0.2, 0.25) is 0 Å². The first-order chi connectivity index (χ1) is 11.5. The van der Waals surface area contributed by atoms with Crippen molar-refractivity contribution in [2.75, 3.05) is 19.5 Å². The zero-order valence-corrected chi connectivity index (χ0v) is 13.7. The minimum absolute atomic E-state index is 0.102. The Morgan fingerprint density at radius 2 is 1.58 bits per heavy atom. The number of carbonyl (C=O) groups is 3. The van der Waals surface area contributed by atoms with Crippen LogP contribution in [0.25, 0.3) is 0 Å². The van der Waals surface area contributed by atoms with Gasteiger partial charge in [0.1, 0.15) is 0 Å². The van der Waals surface area contributed by atoms with Gasteiger partial charge in [0, 0.05) is 0 Å². The third-order valence-electron chi connectivity index (χ3n) is 3.21. The molecule has 0 unspecified atom stereocenters. The van der Waals surface area contributed by atoms with E-state index in [0.29, 0.717) is 0 Å². The summed E-state index contributed by atoms with van der Waals surface area (Å²) >= 11 is 5.99. The van der Waals surface area contributed by atoms with Crippen LogP contribution in [-0.4, -0.2) is 32.1 Å². The van der Waals surface area contributed by atoms with Gasteiger partial charge in [0.15, 0.2) is 0 Å². The van der Waals surface area contributed by atoms with Crippen LogP contribution in [0, 0.1) is 0 Å². The van der Waals surface area contributed by atoms with Gasteiger partial charge in [0.25, 0.3) is 5.91 Å². The number of hydrogen-bond donors (Lipinski definition) is 1. The summed E-state index contributed by atoms with van der Waals surface area (Å²) in [6, 6.07) is 10.6. The molecule has 0 atom stereocenters. The third kappa shape index (κ3) is 3.72. The smallest absolute Gasteiger partial charge is 0.339 e. The molecule has 24 heavy (non-hydrogen) atoms. The lowest BCUT2D eigenvalue weighted by atomic mass is 10.1. The maximum atomic E-state index is 12.4. The number of halogens is 1. The fraction of sp³-hybridized carbons (Fsp3) is 0.118. The van der Waals surface area contributed by atoms with Crippen molar-refractivity contribution in [3.63, 3.8) is 0 Å². The summed E-state index contributed by atoms with van der Waals surface area (Å²) in [5.41, 5.74) is 0.637. The van der Waals surface area contributed by atoms with Crippen molar-refractivity contribution < 1.29 is 23.9 Å².